The molecule has 3 aromatic rings. The minimum Gasteiger partial charge on any atom is -0.493 e. The van der Waals surface area contributed by atoms with Crippen molar-refractivity contribution in [3.63, 3.8) is 0 Å². The molecule has 1 aliphatic rings. The lowest BCUT2D eigenvalue weighted by Gasteiger charge is -2.38. The van der Waals surface area contributed by atoms with Crippen LogP contribution in [0.3, 0.4) is 0 Å². The molecule has 10 heteroatoms. The van der Waals surface area contributed by atoms with Gasteiger partial charge in [0.15, 0.2) is 0 Å². The summed E-state index contributed by atoms with van der Waals surface area (Å²) in [6.07, 6.45) is 1.44. The molecule has 0 radical (unpaired) electrons. The van der Waals surface area contributed by atoms with Crippen LogP contribution in [0.1, 0.15) is 10.4 Å². The fourth-order valence-corrected chi connectivity index (χ4v) is 3.25. The molecule has 1 saturated heterocycles. The first-order chi connectivity index (χ1) is 15.0. The number of carbonyl (C=O) groups excluding carboxylic acids is 1. The maximum atomic E-state index is 13.5. The summed E-state index contributed by atoms with van der Waals surface area (Å²) in [7, 11) is 1.58. The molecular weight excluding hydrogens is 423 g/mol. The SMILES string of the molecule is CNC(=O)c1cccc(Nc2ncnc(N3CC(COc4ccc(Cl)c(F)c4)C3)n2)c1. The van der Waals surface area contributed by atoms with Crippen molar-refractivity contribution in [1.82, 2.24) is 20.3 Å². The Kier molecular flexibility index (Phi) is 6.13. The van der Waals surface area contributed by atoms with Crippen LogP contribution in [0.15, 0.2) is 48.8 Å². The standard InChI is InChI=1S/C21H20ClFN6O2/c1-24-19(30)14-3-2-4-15(7-14)27-20-25-12-26-21(28-20)29-9-13(10-29)11-31-16-5-6-17(22)18(23)8-16/h2-8,12-13H,9-11H2,1H3,(H,24,30)(H,25,26,27,28). The number of hydrogen-bond acceptors (Lipinski definition) is 7. The van der Waals surface area contributed by atoms with E-state index in [1.54, 1.807) is 31.3 Å². The first-order valence-electron chi connectivity index (χ1n) is 9.63. The molecule has 2 heterocycles. The van der Waals surface area contributed by atoms with Crippen LogP contribution in [0.2, 0.25) is 5.02 Å². The average molecular weight is 443 g/mol. The van der Waals surface area contributed by atoms with E-state index in [1.165, 1.54) is 18.5 Å². The van der Waals surface area contributed by atoms with Gasteiger partial charge in [-0.05, 0) is 30.3 Å². The summed E-state index contributed by atoms with van der Waals surface area (Å²) in [5.74, 6) is 0.988. The maximum absolute atomic E-state index is 13.5. The lowest BCUT2D eigenvalue weighted by atomic mass is 10.0. The molecule has 0 unspecified atom stereocenters. The van der Waals surface area contributed by atoms with E-state index >= 15 is 0 Å². The van der Waals surface area contributed by atoms with Gasteiger partial charge in [0, 0.05) is 43.4 Å². The van der Waals surface area contributed by atoms with Gasteiger partial charge in [-0.15, -0.1) is 0 Å². The molecule has 0 aliphatic carbocycles. The zero-order valence-electron chi connectivity index (χ0n) is 16.7. The van der Waals surface area contributed by atoms with Gasteiger partial charge < -0.3 is 20.3 Å². The van der Waals surface area contributed by atoms with Crippen LogP contribution in [-0.2, 0) is 0 Å². The zero-order valence-corrected chi connectivity index (χ0v) is 17.4. The second-order valence-corrected chi connectivity index (χ2v) is 7.46. The molecule has 1 aliphatic heterocycles. The molecule has 2 aromatic carbocycles. The van der Waals surface area contributed by atoms with Gasteiger partial charge in [0.1, 0.15) is 17.9 Å². The van der Waals surface area contributed by atoms with Crippen LogP contribution in [0.4, 0.5) is 22.0 Å². The molecule has 4 rings (SSSR count). The number of nitrogens with one attached hydrogen (secondary N) is 2. The topological polar surface area (TPSA) is 92.3 Å². The summed E-state index contributed by atoms with van der Waals surface area (Å²) in [6, 6.07) is 11.5. The first kappa shape index (κ1) is 20.8. The number of ether oxygens (including phenoxy) is 1. The van der Waals surface area contributed by atoms with E-state index in [0.29, 0.717) is 48.6 Å². The normalized spacial score (nSPS) is 13.5. The molecule has 8 nitrogen and oxygen atoms in total. The lowest BCUT2D eigenvalue weighted by molar-refractivity contribution is 0.0963. The Morgan fingerprint density at radius 1 is 1.26 bits per heavy atom. The molecule has 2 N–H and O–H groups in total. The summed E-state index contributed by atoms with van der Waals surface area (Å²) in [5.41, 5.74) is 1.23. The Hall–Kier alpha value is -3.46. The monoisotopic (exact) mass is 442 g/mol. The summed E-state index contributed by atoms with van der Waals surface area (Å²) < 4.78 is 19.1. The fraction of sp³-hybridized carbons (Fsp3) is 0.238. The van der Waals surface area contributed by atoms with Crippen LogP contribution in [-0.4, -0.2) is 47.6 Å². The number of nitrogens with zero attached hydrogens (tertiary/aromatic N) is 4. The van der Waals surface area contributed by atoms with Crippen molar-refractivity contribution in [2.45, 2.75) is 0 Å². The van der Waals surface area contributed by atoms with E-state index in [4.69, 9.17) is 16.3 Å². The number of halogens is 2. The molecule has 0 atom stereocenters. The first-order valence-corrected chi connectivity index (χ1v) is 10.0. The highest BCUT2D eigenvalue weighted by molar-refractivity contribution is 6.30. The smallest absolute Gasteiger partial charge is 0.251 e. The zero-order chi connectivity index (χ0) is 21.8. The summed E-state index contributed by atoms with van der Waals surface area (Å²) in [6.45, 7) is 1.89. The average Bonchev–Trinajstić information content (AvgIpc) is 2.75. The number of rotatable bonds is 7. The van der Waals surface area contributed by atoms with Crippen LogP contribution < -0.4 is 20.3 Å². The summed E-state index contributed by atoms with van der Waals surface area (Å²) >= 11 is 5.68. The number of amides is 1. The Labute approximate surface area is 183 Å². The van der Waals surface area contributed by atoms with Gasteiger partial charge in [-0.1, -0.05) is 17.7 Å². The Balaban J connectivity index is 1.32. The van der Waals surface area contributed by atoms with Crippen LogP contribution in [0, 0.1) is 11.7 Å². The molecule has 31 heavy (non-hydrogen) atoms. The second kappa shape index (κ2) is 9.13. The van der Waals surface area contributed by atoms with E-state index in [0.717, 1.165) is 0 Å². The van der Waals surface area contributed by atoms with E-state index < -0.39 is 5.82 Å². The molecular formula is C21H20ClFN6O2. The maximum Gasteiger partial charge on any atom is 0.251 e. The predicted octanol–water partition coefficient (Wildman–Crippen LogP) is 3.28. The minimum atomic E-state index is -0.500. The Morgan fingerprint density at radius 2 is 2.10 bits per heavy atom. The molecule has 160 valence electrons. The van der Waals surface area contributed by atoms with Gasteiger partial charge in [-0.3, -0.25) is 4.79 Å². The molecule has 1 amide bonds. The summed E-state index contributed by atoms with van der Waals surface area (Å²) in [5, 5.41) is 5.76. The highest BCUT2D eigenvalue weighted by Crippen LogP contribution is 2.25. The van der Waals surface area contributed by atoms with Crippen LogP contribution in [0.25, 0.3) is 0 Å². The van der Waals surface area contributed by atoms with Crippen LogP contribution >= 0.6 is 11.6 Å². The lowest BCUT2D eigenvalue weighted by Crippen LogP contribution is -2.50. The van der Waals surface area contributed by atoms with E-state index in [1.807, 2.05) is 11.0 Å². The fourth-order valence-electron chi connectivity index (χ4n) is 3.13. The second-order valence-electron chi connectivity index (χ2n) is 7.05. The minimum absolute atomic E-state index is 0.0711. The van der Waals surface area contributed by atoms with Gasteiger partial charge in [-0.2, -0.15) is 4.98 Å². The van der Waals surface area contributed by atoms with Crippen molar-refractivity contribution in [2.24, 2.45) is 5.92 Å². The van der Waals surface area contributed by atoms with Gasteiger partial charge in [0.25, 0.3) is 5.91 Å². The Bertz CT molecular complexity index is 1090. The Morgan fingerprint density at radius 3 is 2.87 bits per heavy atom. The number of carbonyl (C=O) groups is 1. The quantitative estimate of drug-likeness (QED) is 0.580. The van der Waals surface area contributed by atoms with Gasteiger partial charge in [0.2, 0.25) is 11.9 Å². The molecule has 0 bridgehead atoms. The third-order valence-corrected chi connectivity index (χ3v) is 5.09. The van der Waals surface area contributed by atoms with Gasteiger partial charge >= 0.3 is 0 Å². The van der Waals surface area contributed by atoms with Crippen LogP contribution in [0.5, 0.6) is 5.75 Å². The number of hydrogen-bond donors (Lipinski definition) is 2. The van der Waals surface area contributed by atoms with Crippen molar-refractivity contribution < 1.29 is 13.9 Å². The van der Waals surface area contributed by atoms with E-state index in [-0.39, 0.29) is 16.8 Å². The molecule has 1 aromatic heterocycles. The third kappa shape index (κ3) is 5.00. The number of aromatic nitrogens is 3. The third-order valence-electron chi connectivity index (χ3n) is 4.78. The largest absolute Gasteiger partial charge is 0.493 e. The van der Waals surface area contributed by atoms with E-state index in [2.05, 4.69) is 25.6 Å². The number of anilines is 3. The summed E-state index contributed by atoms with van der Waals surface area (Å²) in [4.78, 5) is 26.6. The predicted molar refractivity (Wildman–Crippen MR) is 116 cm³/mol. The van der Waals surface area contributed by atoms with Crippen molar-refractivity contribution in [1.29, 1.82) is 0 Å². The number of benzene rings is 2. The van der Waals surface area contributed by atoms with Crippen molar-refractivity contribution in [3.8, 4) is 5.75 Å². The van der Waals surface area contributed by atoms with Gasteiger partial charge in [0.05, 0.1) is 11.6 Å². The molecule has 1 fully saturated rings. The van der Waals surface area contributed by atoms with Gasteiger partial charge in [-0.25, -0.2) is 14.4 Å². The van der Waals surface area contributed by atoms with Crippen molar-refractivity contribution in [2.75, 3.05) is 37.0 Å². The van der Waals surface area contributed by atoms with E-state index in [9.17, 15) is 9.18 Å². The molecule has 0 spiro atoms. The molecule has 0 saturated carbocycles. The highest BCUT2D eigenvalue weighted by Gasteiger charge is 2.29. The highest BCUT2D eigenvalue weighted by atomic mass is 35.5. The van der Waals surface area contributed by atoms with Crippen molar-refractivity contribution >= 4 is 35.1 Å². The van der Waals surface area contributed by atoms with Crippen molar-refractivity contribution in [3.05, 3.63) is 65.2 Å².